The summed E-state index contributed by atoms with van der Waals surface area (Å²) in [5.74, 6) is 1.57. The lowest BCUT2D eigenvalue weighted by Crippen LogP contribution is -2.50. The Morgan fingerprint density at radius 3 is 2.53 bits per heavy atom. The number of thiophene rings is 2. The number of nitrogens with zero attached hydrogens (tertiary/aromatic N) is 3. The number of piperidine rings is 2. The number of anilines is 1. The first-order valence-electron chi connectivity index (χ1n) is 10.7. The van der Waals surface area contributed by atoms with Crippen LogP contribution < -0.4 is 15.5 Å². The molecule has 8 heteroatoms. The Morgan fingerprint density at radius 2 is 1.87 bits per heavy atom. The molecular weight excluding hydrogens is 525 g/mol. The van der Waals surface area contributed by atoms with Gasteiger partial charge in [0.2, 0.25) is 0 Å². The van der Waals surface area contributed by atoms with Crippen molar-refractivity contribution in [1.82, 2.24) is 15.5 Å². The Balaban J connectivity index is 0.00000256. The molecule has 0 aromatic carbocycles. The summed E-state index contributed by atoms with van der Waals surface area (Å²) in [6, 6.07) is 9.85. The Kier molecular flexibility index (Phi) is 9.28. The Hall–Kier alpha value is -0.840. The second-order valence-electron chi connectivity index (χ2n) is 8.15. The van der Waals surface area contributed by atoms with Crippen LogP contribution in [0, 0.1) is 5.92 Å². The molecule has 4 rings (SSSR count). The molecule has 0 amide bonds. The number of rotatable bonds is 5. The summed E-state index contributed by atoms with van der Waals surface area (Å²) in [5, 5.41) is 13.1. The summed E-state index contributed by atoms with van der Waals surface area (Å²) in [7, 11) is 4.16. The van der Waals surface area contributed by atoms with E-state index in [1.165, 1.54) is 29.3 Å². The Labute approximate surface area is 206 Å². The van der Waals surface area contributed by atoms with Crippen molar-refractivity contribution >= 4 is 57.6 Å². The smallest absolute Gasteiger partial charge is 0.191 e. The molecule has 0 bridgehead atoms. The number of hydrogen-bond acceptors (Lipinski definition) is 5. The van der Waals surface area contributed by atoms with Crippen molar-refractivity contribution in [3.05, 3.63) is 39.9 Å². The summed E-state index contributed by atoms with van der Waals surface area (Å²) < 4.78 is 0. The number of guanidine groups is 1. The van der Waals surface area contributed by atoms with E-state index in [1.54, 1.807) is 0 Å². The topological polar surface area (TPSA) is 42.9 Å². The molecule has 2 unspecified atom stereocenters. The van der Waals surface area contributed by atoms with Crippen LogP contribution in [-0.4, -0.2) is 57.2 Å². The van der Waals surface area contributed by atoms with Crippen LogP contribution in [0.4, 0.5) is 5.00 Å². The largest absolute Gasteiger partial charge is 0.363 e. The van der Waals surface area contributed by atoms with Crippen molar-refractivity contribution in [3.8, 4) is 0 Å². The van der Waals surface area contributed by atoms with Crippen LogP contribution in [0.1, 0.15) is 36.6 Å². The number of likely N-dealkylation sites (tertiary alicyclic amines) is 1. The van der Waals surface area contributed by atoms with Gasteiger partial charge >= 0.3 is 0 Å². The second kappa shape index (κ2) is 11.7. The minimum Gasteiger partial charge on any atom is -0.363 e. The van der Waals surface area contributed by atoms with E-state index in [2.05, 4.69) is 67.5 Å². The van der Waals surface area contributed by atoms with Crippen molar-refractivity contribution in [1.29, 1.82) is 0 Å². The van der Waals surface area contributed by atoms with E-state index in [-0.39, 0.29) is 24.0 Å². The van der Waals surface area contributed by atoms with E-state index in [0.29, 0.717) is 18.0 Å². The molecule has 2 saturated heterocycles. The van der Waals surface area contributed by atoms with Gasteiger partial charge in [-0.3, -0.25) is 9.89 Å². The quantitative estimate of drug-likeness (QED) is 0.318. The maximum absolute atomic E-state index is 4.51. The first-order chi connectivity index (χ1) is 14.2. The fourth-order valence-electron chi connectivity index (χ4n) is 4.69. The second-order valence-corrected chi connectivity index (χ2v) is 10.1. The zero-order valence-electron chi connectivity index (χ0n) is 17.9. The first-order valence-corrected chi connectivity index (χ1v) is 12.5. The molecule has 0 aliphatic carbocycles. The zero-order chi connectivity index (χ0) is 20.1. The third-order valence-electron chi connectivity index (χ3n) is 6.25. The van der Waals surface area contributed by atoms with Gasteiger partial charge in [0, 0.05) is 43.6 Å². The molecule has 2 atom stereocenters. The van der Waals surface area contributed by atoms with Gasteiger partial charge in [-0.1, -0.05) is 6.07 Å². The highest BCUT2D eigenvalue weighted by molar-refractivity contribution is 14.0. The zero-order valence-corrected chi connectivity index (χ0v) is 21.9. The lowest BCUT2D eigenvalue weighted by Gasteiger charge is -2.39. The minimum atomic E-state index is 0. The summed E-state index contributed by atoms with van der Waals surface area (Å²) >= 11 is 3.72. The van der Waals surface area contributed by atoms with Crippen LogP contribution in [0.2, 0.25) is 0 Å². The number of aliphatic imine (C=N–C) groups is 1. The van der Waals surface area contributed by atoms with Gasteiger partial charge in [0.15, 0.2) is 5.96 Å². The predicted octanol–water partition coefficient (Wildman–Crippen LogP) is 4.64. The van der Waals surface area contributed by atoms with Gasteiger partial charge in [0.1, 0.15) is 0 Å². The predicted molar refractivity (Wildman–Crippen MR) is 142 cm³/mol. The molecule has 2 fully saturated rings. The summed E-state index contributed by atoms with van der Waals surface area (Å²) in [6.45, 7) is 4.39. The maximum Gasteiger partial charge on any atom is 0.191 e. The Bertz CT molecular complexity index is 757. The third kappa shape index (κ3) is 5.89. The van der Waals surface area contributed by atoms with Gasteiger partial charge in [0.05, 0.1) is 5.00 Å². The van der Waals surface area contributed by atoms with Gasteiger partial charge < -0.3 is 15.5 Å². The lowest BCUT2D eigenvalue weighted by molar-refractivity contribution is 0.125. The van der Waals surface area contributed by atoms with Crippen LogP contribution in [-0.2, 0) is 0 Å². The van der Waals surface area contributed by atoms with Crippen molar-refractivity contribution in [2.24, 2.45) is 10.9 Å². The van der Waals surface area contributed by atoms with E-state index in [4.69, 9.17) is 0 Å². The highest BCUT2D eigenvalue weighted by atomic mass is 127. The summed E-state index contributed by atoms with van der Waals surface area (Å²) in [5.41, 5.74) is 0. The van der Waals surface area contributed by atoms with Gasteiger partial charge in [-0.25, -0.2) is 0 Å². The van der Waals surface area contributed by atoms with Crippen LogP contribution >= 0.6 is 46.7 Å². The van der Waals surface area contributed by atoms with Gasteiger partial charge in [-0.2, -0.15) is 0 Å². The molecule has 4 heterocycles. The van der Waals surface area contributed by atoms with E-state index in [9.17, 15) is 0 Å². The fourth-order valence-corrected chi connectivity index (χ4v) is 6.46. The molecule has 2 aromatic heterocycles. The van der Waals surface area contributed by atoms with Crippen LogP contribution in [0.15, 0.2) is 40.0 Å². The maximum atomic E-state index is 4.51. The van der Waals surface area contributed by atoms with Crippen LogP contribution in [0.5, 0.6) is 0 Å². The van der Waals surface area contributed by atoms with Gasteiger partial charge in [0.25, 0.3) is 0 Å². The highest BCUT2D eigenvalue weighted by Gasteiger charge is 2.31. The van der Waals surface area contributed by atoms with E-state index in [0.717, 1.165) is 38.4 Å². The molecule has 5 nitrogen and oxygen atoms in total. The molecule has 2 aromatic rings. The van der Waals surface area contributed by atoms with Gasteiger partial charge in [-0.05, 0) is 74.2 Å². The number of hydrogen-bond donors (Lipinski definition) is 2. The monoisotopic (exact) mass is 559 g/mol. The third-order valence-corrected chi connectivity index (χ3v) is 8.12. The molecule has 2 N–H and O–H groups in total. The van der Waals surface area contributed by atoms with E-state index in [1.807, 2.05) is 29.7 Å². The molecule has 2 aliphatic rings. The first kappa shape index (κ1) is 23.8. The molecular formula is C22H34IN5S2. The molecule has 30 heavy (non-hydrogen) atoms. The summed E-state index contributed by atoms with van der Waals surface area (Å²) in [6.07, 6.45) is 4.86. The van der Waals surface area contributed by atoms with E-state index < -0.39 is 0 Å². The lowest BCUT2D eigenvalue weighted by atomic mass is 9.88. The molecule has 0 spiro atoms. The number of nitrogens with one attached hydrogen (secondary N) is 2. The van der Waals surface area contributed by atoms with E-state index >= 15 is 0 Å². The summed E-state index contributed by atoms with van der Waals surface area (Å²) in [4.78, 5) is 11.0. The standard InChI is InChI=1S/C22H33N5S2.HI/c1-23-22(25-18-9-12-27(13-10-18)20-8-5-15-29-20)24-16-17-6-3-11-26(2)21(17)19-7-4-14-28-19;/h4-5,7-8,14-15,17-18,21H,3,6,9-13,16H2,1-2H3,(H2,23,24,25);1H. The van der Waals surface area contributed by atoms with Crippen LogP contribution in [0.25, 0.3) is 0 Å². The fraction of sp³-hybridized carbons (Fsp3) is 0.591. The number of halogens is 1. The molecule has 166 valence electrons. The van der Waals surface area contributed by atoms with Crippen LogP contribution in [0.3, 0.4) is 0 Å². The van der Waals surface area contributed by atoms with Crippen molar-refractivity contribution < 1.29 is 0 Å². The molecule has 2 aliphatic heterocycles. The molecule has 0 radical (unpaired) electrons. The minimum absolute atomic E-state index is 0. The Morgan fingerprint density at radius 1 is 1.10 bits per heavy atom. The normalized spacial score (nSPS) is 23.8. The highest BCUT2D eigenvalue weighted by Crippen LogP contribution is 2.36. The average Bonchev–Trinajstić information content (AvgIpc) is 3.46. The average molecular weight is 560 g/mol. The van der Waals surface area contributed by atoms with Crippen molar-refractivity contribution in [2.45, 2.75) is 37.8 Å². The van der Waals surface area contributed by atoms with Crippen molar-refractivity contribution in [3.63, 3.8) is 0 Å². The van der Waals surface area contributed by atoms with Gasteiger partial charge in [-0.15, -0.1) is 46.7 Å². The van der Waals surface area contributed by atoms with Crippen molar-refractivity contribution in [2.75, 3.05) is 45.2 Å². The SMILES string of the molecule is CN=C(NCC1CCCN(C)C1c1cccs1)NC1CCN(c2cccs2)CC1.I. The molecule has 0 saturated carbocycles.